The maximum Gasteiger partial charge on any atom is 0.315 e. The zero-order valence-corrected chi connectivity index (χ0v) is 16.3. The summed E-state index contributed by atoms with van der Waals surface area (Å²) in [6.45, 7) is 3.80. The van der Waals surface area contributed by atoms with Gasteiger partial charge in [0.1, 0.15) is 11.5 Å². The number of ketones is 1. The lowest BCUT2D eigenvalue weighted by Gasteiger charge is -2.08. The minimum absolute atomic E-state index is 0.150. The fourth-order valence-electron chi connectivity index (χ4n) is 3.12. The van der Waals surface area contributed by atoms with Crippen LogP contribution in [0.3, 0.4) is 0 Å². The molecule has 5 heteroatoms. The number of esters is 1. The molecule has 28 heavy (non-hydrogen) atoms. The molecule has 2 heterocycles. The first-order valence-corrected chi connectivity index (χ1v) is 9.77. The molecule has 3 aromatic rings. The molecule has 0 spiro atoms. The van der Waals surface area contributed by atoms with Crippen LogP contribution in [0.4, 0.5) is 0 Å². The molecule has 0 saturated carbocycles. The predicted molar refractivity (Wildman–Crippen MR) is 109 cm³/mol. The summed E-state index contributed by atoms with van der Waals surface area (Å²) in [6, 6.07) is 14.7. The van der Waals surface area contributed by atoms with E-state index in [2.05, 4.69) is 0 Å². The number of Topliss-reactive ketones (excluding diaryl/α,β-unsaturated/α-hetero) is 1. The summed E-state index contributed by atoms with van der Waals surface area (Å²) in [5.41, 5.74) is 3.21. The van der Waals surface area contributed by atoms with Crippen molar-refractivity contribution in [3.8, 4) is 11.5 Å². The Hall–Kier alpha value is -3.18. The molecule has 1 aromatic heterocycles. The lowest BCUT2D eigenvalue weighted by atomic mass is 10.0. The monoisotopic (exact) mass is 390 g/mol. The van der Waals surface area contributed by atoms with Crippen molar-refractivity contribution < 1.29 is 19.1 Å². The third-order valence-corrected chi connectivity index (χ3v) is 5.50. The Bertz CT molecular complexity index is 1090. The van der Waals surface area contributed by atoms with Crippen LogP contribution in [-0.2, 0) is 11.2 Å². The van der Waals surface area contributed by atoms with Crippen LogP contribution in [0.5, 0.6) is 11.5 Å². The molecular formula is C23H18O4S. The molecule has 0 bridgehead atoms. The smallest absolute Gasteiger partial charge is 0.315 e. The molecule has 0 N–H and O–H groups in total. The topological polar surface area (TPSA) is 52.6 Å². The van der Waals surface area contributed by atoms with Crippen molar-refractivity contribution >= 4 is 29.2 Å². The molecule has 0 unspecified atom stereocenters. The second kappa shape index (κ2) is 7.44. The molecule has 2 aromatic carbocycles. The number of aryl methyl sites for hydroxylation is 2. The van der Waals surface area contributed by atoms with Crippen LogP contribution in [0.1, 0.15) is 31.9 Å². The first-order valence-electron chi connectivity index (χ1n) is 8.89. The summed E-state index contributed by atoms with van der Waals surface area (Å²) < 4.78 is 11.3. The van der Waals surface area contributed by atoms with Crippen LogP contribution in [0, 0.1) is 13.8 Å². The number of benzene rings is 2. The highest BCUT2D eigenvalue weighted by atomic mass is 32.1. The third-order valence-electron chi connectivity index (χ3n) is 4.53. The van der Waals surface area contributed by atoms with Crippen molar-refractivity contribution in [3.63, 3.8) is 0 Å². The largest absolute Gasteiger partial charge is 0.452 e. The van der Waals surface area contributed by atoms with E-state index in [1.165, 1.54) is 0 Å². The van der Waals surface area contributed by atoms with Gasteiger partial charge in [-0.15, -0.1) is 11.3 Å². The van der Waals surface area contributed by atoms with Crippen molar-refractivity contribution in [2.45, 2.75) is 20.3 Å². The van der Waals surface area contributed by atoms with E-state index < -0.39 is 0 Å². The van der Waals surface area contributed by atoms with Crippen LogP contribution >= 0.6 is 11.3 Å². The van der Waals surface area contributed by atoms with Gasteiger partial charge in [0, 0.05) is 17.0 Å². The summed E-state index contributed by atoms with van der Waals surface area (Å²) >= 11 is 1.56. The Morgan fingerprint density at radius 1 is 1.11 bits per heavy atom. The van der Waals surface area contributed by atoms with E-state index in [-0.39, 0.29) is 23.9 Å². The van der Waals surface area contributed by atoms with Gasteiger partial charge in [-0.1, -0.05) is 30.3 Å². The average Bonchev–Trinajstić information content (AvgIpc) is 3.19. The fourth-order valence-corrected chi connectivity index (χ4v) is 3.97. The van der Waals surface area contributed by atoms with Crippen LogP contribution in [0.25, 0.3) is 6.08 Å². The average molecular weight is 390 g/mol. The van der Waals surface area contributed by atoms with Gasteiger partial charge in [0.2, 0.25) is 5.78 Å². The molecular weight excluding hydrogens is 372 g/mol. The zero-order valence-electron chi connectivity index (χ0n) is 15.5. The van der Waals surface area contributed by atoms with Crippen LogP contribution in [0.2, 0.25) is 0 Å². The SMILES string of the molecule is Cc1ccsc1/C=C1\Oc2cc(OC(=O)Cc3ccccc3)cc(C)c2C1=O. The number of hydrogen-bond donors (Lipinski definition) is 0. The van der Waals surface area contributed by atoms with Gasteiger partial charge in [0.05, 0.1) is 12.0 Å². The van der Waals surface area contributed by atoms with E-state index in [0.717, 1.165) is 21.6 Å². The van der Waals surface area contributed by atoms with Crippen molar-refractivity contribution in [1.29, 1.82) is 0 Å². The molecule has 0 radical (unpaired) electrons. The van der Waals surface area contributed by atoms with Gasteiger partial charge in [0.15, 0.2) is 5.76 Å². The summed E-state index contributed by atoms with van der Waals surface area (Å²) in [5.74, 6) is 0.574. The lowest BCUT2D eigenvalue weighted by molar-refractivity contribution is -0.133. The summed E-state index contributed by atoms with van der Waals surface area (Å²) in [4.78, 5) is 26.0. The van der Waals surface area contributed by atoms with E-state index in [1.54, 1.807) is 29.5 Å². The number of hydrogen-bond acceptors (Lipinski definition) is 5. The van der Waals surface area contributed by atoms with Gasteiger partial charge >= 0.3 is 5.97 Å². The first-order chi connectivity index (χ1) is 13.5. The molecule has 0 amide bonds. The molecule has 4 rings (SSSR count). The maximum atomic E-state index is 12.7. The highest BCUT2D eigenvalue weighted by Crippen LogP contribution is 2.38. The molecule has 0 atom stereocenters. The fraction of sp³-hybridized carbons (Fsp3) is 0.130. The van der Waals surface area contributed by atoms with Crippen LogP contribution in [0.15, 0.2) is 59.7 Å². The molecule has 0 aliphatic carbocycles. The Labute approximate surface area is 167 Å². The third kappa shape index (κ3) is 3.62. The Kier molecular flexibility index (Phi) is 4.84. The predicted octanol–water partition coefficient (Wildman–Crippen LogP) is 5.13. The number of ether oxygens (including phenoxy) is 2. The van der Waals surface area contributed by atoms with E-state index >= 15 is 0 Å². The molecule has 1 aliphatic rings. The standard InChI is InChI=1S/C23H18O4S/c1-14-8-9-28-20(14)13-19-23(25)22-15(2)10-17(12-18(22)27-19)26-21(24)11-16-6-4-3-5-7-16/h3-10,12-13H,11H2,1-2H3/b19-13-. The number of thiophene rings is 1. The number of rotatable bonds is 4. The number of carbonyl (C=O) groups is 2. The van der Waals surface area contributed by atoms with Crippen LogP contribution < -0.4 is 9.47 Å². The molecule has 140 valence electrons. The van der Waals surface area contributed by atoms with Crippen molar-refractivity contribution in [2.75, 3.05) is 0 Å². The minimum atomic E-state index is -0.361. The Morgan fingerprint density at radius 3 is 2.61 bits per heavy atom. The van der Waals surface area contributed by atoms with E-state index in [0.29, 0.717) is 17.1 Å². The second-order valence-corrected chi connectivity index (χ2v) is 7.61. The first kappa shape index (κ1) is 18.2. The van der Waals surface area contributed by atoms with E-state index in [4.69, 9.17) is 9.47 Å². The number of allylic oxidation sites excluding steroid dienone is 1. The van der Waals surface area contributed by atoms with Gasteiger partial charge in [-0.25, -0.2) is 0 Å². The molecule has 4 nitrogen and oxygen atoms in total. The molecule has 0 fully saturated rings. The van der Waals surface area contributed by atoms with Gasteiger partial charge in [0.25, 0.3) is 0 Å². The van der Waals surface area contributed by atoms with Gasteiger partial charge in [-0.05, 0) is 48.1 Å². The Morgan fingerprint density at radius 2 is 1.89 bits per heavy atom. The zero-order chi connectivity index (χ0) is 19.7. The minimum Gasteiger partial charge on any atom is -0.452 e. The second-order valence-electron chi connectivity index (χ2n) is 6.66. The lowest BCUT2D eigenvalue weighted by Crippen LogP contribution is -2.11. The van der Waals surface area contributed by atoms with Gasteiger partial charge < -0.3 is 9.47 Å². The number of fused-ring (bicyclic) bond motifs is 1. The van der Waals surface area contributed by atoms with Crippen molar-refractivity contribution in [3.05, 3.63) is 86.8 Å². The number of carbonyl (C=O) groups excluding carboxylic acids is 2. The summed E-state index contributed by atoms with van der Waals surface area (Å²) in [7, 11) is 0. The van der Waals surface area contributed by atoms with Crippen molar-refractivity contribution in [1.82, 2.24) is 0 Å². The van der Waals surface area contributed by atoms with E-state index in [9.17, 15) is 9.59 Å². The summed E-state index contributed by atoms with van der Waals surface area (Å²) in [6.07, 6.45) is 1.95. The van der Waals surface area contributed by atoms with Crippen molar-refractivity contribution in [2.24, 2.45) is 0 Å². The Balaban J connectivity index is 1.55. The molecule has 1 aliphatic heterocycles. The quantitative estimate of drug-likeness (QED) is 0.352. The van der Waals surface area contributed by atoms with E-state index in [1.807, 2.05) is 55.6 Å². The molecule has 0 saturated heterocycles. The highest BCUT2D eigenvalue weighted by molar-refractivity contribution is 7.11. The highest BCUT2D eigenvalue weighted by Gasteiger charge is 2.30. The normalized spacial score (nSPS) is 14.1. The van der Waals surface area contributed by atoms with Gasteiger partial charge in [-0.2, -0.15) is 0 Å². The van der Waals surface area contributed by atoms with Gasteiger partial charge in [-0.3, -0.25) is 9.59 Å². The van der Waals surface area contributed by atoms with Crippen LogP contribution in [-0.4, -0.2) is 11.8 Å². The summed E-state index contributed by atoms with van der Waals surface area (Å²) in [5, 5.41) is 1.98. The maximum absolute atomic E-state index is 12.7.